The monoisotopic (exact) mass is 301 g/mol. The van der Waals surface area contributed by atoms with Crippen molar-refractivity contribution < 1.29 is 9.69 Å². The minimum absolute atomic E-state index is 0.0246. The van der Waals surface area contributed by atoms with Gasteiger partial charge in [-0.15, -0.1) is 0 Å². The molecule has 1 atom stereocenters. The number of nitrogens with one attached hydrogen (secondary N) is 2. The predicted octanol–water partition coefficient (Wildman–Crippen LogP) is 2.25. The van der Waals surface area contributed by atoms with Crippen LogP contribution in [0.3, 0.4) is 0 Å². The number of carbonyl (C=O) groups is 1. The molecule has 1 saturated heterocycles. The van der Waals surface area contributed by atoms with Crippen LogP contribution in [0.25, 0.3) is 0 Å². The minimum Gasteiger partial charge on any atom is -0.348 e. The molecule has 3 heteroatoms. The highest BCUT2D eigenvalue weighted by Crippen LogP contribution is 2.19. The van der Waals surface area contributed by atoms with E-state index in [-0.39, 0.29) is 11.9 Å². The fourth-order valence-electron chi connectivity index (χ4n) is 4.04. The summed E-state index contributed by atoms with van der Waals surface area (Å²) in [6.45, 7) is 2.25. The zero-order valence-electron chi connectivity index (χ0n) is 13.5. The third-order valence-corrected chi connectivity index (χ3v) is 5.25. The van der Waals surface area contributed by atoms with Gasteiger partial charge >= 0.3 is 0 Å². The number of piperidine rings is 1. The molecule has 1 unspecified atom stereocenters. The van der Waals surface area contributed by atoms with Crippen molar-refractivity contribution in [2.24, 2.45) is 0 Å². The molecule has 1 aliphatic carbocycles. The zero-order chi connectivity index (χ0) is 15.2. The van der Waals surface area contributed by atoms with E-state index < -0.39 is 0 Å². The molecule has 2 N–H and O–H groups in total. The Morgan fingerprint density at radius 1 is 0.955 bits per heavy atom. The van der Waals surface area contributed by atoms with E-state index in [1.54, 1.807) is 0 Å². The smallest absolute Gasteiger partial charge is 0.283 e. The summed E-state index contributed by atoms with van der Waals surface area (Å²) in [6.07, 6.45) is 9.96. The molecular weight excluding hydrogens is 272 g/mol. The van der Waals surface area contributed by atoms with E-state index >= 15 is 0 Å². The van der Waals surface area contributed by atoms with Gasteiger partial charge in [-0.1, -0.05) is 49.6 Å². The first-order valence-corrected chi connectivity index (χ1v) is 9.04. The summed E-state index contributed by atoms with van der Waals surface area (Å²) in [5.74, 6) is 0.245. The maximum Gasteiger partial charge on any atom is 0.283 e. The van der Waals surface area contributed by atoms with Crippen molar-refractivity contribution in [2.75, 3.05) is 13.1 Å². The van der Waals surface area contributed by atoms with Crippen LogP contribution in [0, 0.1) is 0 Å². The average Bonchev–Trinajstić information content (AvgIpc) is 2.58. The Labute approximate surface area is 134 Å². The standard InChI is InChI=1S/C19H28N2O/c22-19(20-17-12-6-2-7-13-17)18(16-10-4-1-5-11-16)21-14-8-3-9-15-21/h1,4-5,10-11,17-18H,2-3,6-9,12-15H2,(H,20,22)/p+1. The first-order valence-electron chi connectivity index (χ1n) is 9.04. The third kappa shape index (κ3) is 3.89. The summed E-state index contributed by atoms with van der Waals surface area (Å²) in [6, 6.07) is 10.8. The molecule has 0 bridgehead atoms. The molecule has 2 fully saturated rings. The number of benzene rings is 1. The molecule has 3 rings (SSSR count). The van der Waals surface area contributed by atoms with Gasteiger partial charge in [-0.3, -0.25) is 4.79 Å². The topological polar surface area (TPSA) is 33.5 Å². The van der Waals surface area contributed by atoms with Crippen molar-refractivity contribution in [3.8, 4) is 0 Å². The summed E-state index contributed by atoms with van der Waals surface area (Å²) < 4.78 is 0. The predicted molar refractivity (Wildman–Crippen MR) is 88.7 cm³/mol. The zero-order valence-corrected chi connectivity index (χ0v) is 13.5. The van der Waals surface area contributed by atoms with Crippen LogP contribution >= 0.6 is 0 Å². The molecule has 1 aromatic rings. The van der Waals surface area contributed by atoms with Crippen LogP contribution in [0.5, 0.6) is 0 Å². The van der Waals surface area contributed by atoms with Crippen molar-refractivity contribution in [3.63, 3.8) is 0 Å². The summed E-state index contributed by atoms with van der Waals surface area (Å²) in [5, 5.41) is 3.35. The number of hydrogen-bond acceptors (Lipinski definition) is 1. The maximum absolute atomic E-state index is 13.0. The molecule has 1 aliphatic heterocycles. The highest BCUT2D eigenvalue weighted by Gasteiger charge is 2.33. The Morgan fingerprint density at radius 3 is 2.27 bits per heavy atom. The normalized spacial score (nSPS) is 22.2. The SMILES string of the molecule is O=C(NC1CCCCC1)C(c1ccccc1)[NH+]1CCCCC1. The molecule has 0 aromatic heterocycles. The van der Waals surface area contributed by atoms with Gasteiger partial charge in [0.1, 0.15) is 0 Å². The van der Waals surface area contributed by atoms with Gasteiger partial charge in [-0.05, 0) is 32.1 Å². The number of carbonyl (C=O) groups excluding carboxylic acids is 1. The minimum atomic E-state index is -0.0246. The number of likely N-dealkylation sites (tertiary alicyclic amines) is 1. The van der Waals surface area contributed by atoms with Crippen LogP contribution in [0.15, 0.2) is 30.3 Å². The fourth-order valence-corrected chi connectivity index (χ4v) is 4.04. The number of hydrogen-bond donors (Lipinski definition) is 2. The fraction of sp³-hybridized carbons (Fsp3) is 0.632. The van der Waals surface area contributed by atoms with Crippen LogP contribution in [0.2, 0.25) is 0 Å². The largest absolute Gasteiger partial charge is 0.348 e. The second kappa shape index (κ2) is 7.77. The summed E-state index contributed by atoms with van der Waals surface area (Å²) >= 11 is 0. The molecule has 2 aliphatic rings. The number of amides is 1. The van der Waals surface area contributed by atoms with Gasteiger partial charge < -0.3 is 10.2 Å². The van der Waals surface area contributed by atoms with E-state index in [9.17, 15) is 4.79 Å². The van der Waals surface area contributed by atoms with Gasteiger partial charge in [0.05, 0.1) is 13.1 Å². The lowest BCUT2D eigenvalue weighted by Gasteiger charge is -2.32. The molecule has 1 saturated carbocycles. The van der Waals surface area contributed by atoms with E-state index in [0.29, 0.717) is 6.04 Å². The van der Waals surface area contributed by atoms with Crippen molar-refractivity contribution in [1.82, 2.24) is 5.32 Å². The average molecular weight is 301 g/mol. The van der Waals surface area contributed by atoms with E-state index in [1.165, 1.54) is 49.0 Å². The maximum atomic E-state index is 13.0. The number of quaternary nitrogens is 1. The lowest BCUT2D eigenvalue weighted by molar-refractivity contribution is -0.926. The molecule has 3 nitrogen and oxygen atoms in total. The van der Waals surface area contributed by atoms with Gasteiger partial charge in [0.2, 0.25) is 0 Å². The van der Waals surface area contributed by atoms with Gasteiger partial charge in [0.15, 0.2) is 6.04 Å². The second-order valence-corrected chi connectivity index (χ2v) is 6.91. The molecule has 1 amide bonds. The highest BCUT2D eigenvalue weighted by atomic mass is 16.2. The van der Waals surface area contributed by atoms with E-state index in [0.717, 1.165) is 25.9 Å². The van der Waals surface area contributed by atoms with E-state index in [1.807, 2.05) is 6.07 Å². The molecule has 0 spiro atoms. The van der Waals surface area contributed by atoms with Crippen LogP contribution in [0.1, 0.15) is 63.0 Å². The molecule has 1 heterocycles. The van der Waals surface area contributed by atoms with Crippen molar-refractivity contribution in [3.05, 3.63) is 35.9 Å². The first-order chi connectivity index (χ1) is 10.8. The summed E-state index contributed by atoms with van der Waals surface area (Å²) in [4.78, 5) is 14.4. The van der Waals surface area contributed by atoms with Crippen molar-refractivity contribution in [2.45, 2.75) is 63.5 Å². The Kier molecular flexibility index (Phi) is 5.49. The van der Waals surface area contributed by atoms with E-state index in [4.69, 9.17) is 0 Å². The first kappa shape index (κ1) is 15.5. The van der Waals surface area contributed by atoms with Crippen LogP contribution < -0.4 is 10.2 Å². The summed E-state index contributed by atoms with van der Waals surface area (Å²) in [7, 11) is 0. The lowest BCUT2D eigenvalue weighted by Crippen LogP contribution is -3.14. The molecule has 0 radical (unpaired) electrons. The van der Waals surface area contributed by atoms with Gasteiger partial charge in [-0.2, -0.15) is 0 Å². The molecule has 120 valence electrons. The second-order valence-electron chi connectivity index (χ2n) is 6.91. The van der Waals surface area contributed by atoms with Gasteiger partial charge in [-0.25, -0.2) is 0 Å². The molecular formula is C19H29N2O+. The van der Waals surface area contributed by atoms with Crippen LogP contribution in [0.4, 0.5) is 0 Å². The quantitative estimate of drug-likeness (QED) is 0.878. The number of rotatable bonds is 4. The van der Waals surface area contributed by atoms with Crippen molar-refractivity contribution in [1.29, 1.82) is 0 Å². The Hall–Kier alpha value is -1.35. The van der Waals surface area contributed by atoms with Crippen LogP contribution in [-0.2, 0) is 4.79 Å². The lowest BCUT2D eigenvalue weighted by atomic mass is 9.94. The van der Waals surface area contributed by atoms with Crippen LogP contribution in [-0.4, -0.2) is 25.0 Å². The molecule has 1 aromatic carbocycles. The Morgan fingerprint density at radius 2 is 1.59 bits per heavy atom. The summed E-state index contributed by atoms with van der Waals surface area (Å²) in [5.41, 5.74) is 1.17. The van der Waals surface area contributed by atoms with E-state index in [2.05, 4.69) is 29.6 Å². The highest BCUT2D eigenvalue weighted by molar-refractivity contribution is 5.82. The van der Waals surface area contributed by atoms with Crippen molar-refractivity contribution >= 4 is 5.91 Å². The van der Waals surface area contributed by atoms with Gasteiger partial charge in [0.25, 0.3) is 5.91 Å². The third-order valence-electron chi connectivity index (χ3n) is 5.25. The Bertz CT molecular complexity index is 462. The van der Waals surface area contributed by atoms with Gasteiger partial charge in [0, 0.05) is 11.6 Å². The Balaban J connectivity index is 1.73. The molecule has 22 heavy (non-hydrogen) atoms.